The maximum atomic E-state index is 11.9. The van der Waals surface area contributed by atoms with E-state index < -0.39 is 45.2 Å². The van der Waals surface area contributed by atoms with Crippen LogP contribution in [-0.4, -0.2) is 55.3 Å². The molecule has 183 valence electrons. The smallest absolute Gasteiger partial charge is 0.667 e. The summed E-state index contributed by atoms with van der Waals surface area (Å²) in [4.78, 5) is 21.9. The summed E-state index contributed by atoms with van der Waals surface area (Å²) in [6.45, 7) is 13.3. The van der Waals surface area contributed by atoms with Crippen molar-refractivity contribution >= 4 is 11.9 Å². The van der Waals surface area contributed by atoms with E-state index in [1.54, 1.807) is 55.4 Å². The summed E-state index contributed by atoms with van der Waals surface area (Å²) in [7, 11) is 0. The van der Waals surface area contributed by atoms with Crippen LogP contribution in [0.4, 0.5) is 0 Å². The molecule has 2 saturated heterocycles. The van der Waals surface area contributed by atoms with Crippen LogP contribution in [0.5, 0.6) is 0 Å². The summed E-state index contributed by atoms with van der Waals surface area (Å²) in [5.74, 6) is -2.78. The molecule has 2 aliphatic heterocycles. The van der Waals surface area contributed by atoms with Crippen LogP contribution in [0.3, 0.4) is 0 Å². The molecule has 31 heavy (non-hydrogen) atoms. The van der Waals surface area contributed by atoms with E-state index in [1.165, 1.54) is 0 Å². The van der Waals surface area contributed by atoms with Gasteiger partial charge in [-0.1, -0.05) is 11.1 Å². The normalized spacial score (nSPS) is 27.7. The van der Waals surface area contributed by atoms with E-state index in [2.05, 4.69) is 0 Å². The predicted molar refractivity (Wildman–Crippen MR) is 104 cm³/mol. The summed E-state index contributed by atoms with van der Waals surface area (Å²) < 4.78 is 0. The minimum absolute atomic E-state index is 0. The average molecular weight is 490 g/mol. The molecule has 10 nitrogen and oxygen atoms in total. The Morgan fingerprint density at radius 1 is 0.613 bits per heavy atom. The van der Waals surface area contributed by atoms with Crippen LogP contribution in [0.25, 0.3) is 11.5 Å². The minimum Gasteiger partial charge on any atom is -0.667 e. The second kappa shape index (κ2) is 8.87. The van der Waals surface area contributed by atoms with Gasteiger partial charge in [-0.15, -0.1) is 20.5 Å². The third-order valence-electron chi connectivity index (χ3n) is 5.92. The van der Waals surface area contributed by atoms with Crippen LogP contribution in [0.15, 0.2) is 0 Å². The Labute approximate surface area is 195 Å². The molecule has 0 amide bonds. The number of nitrogens with zero attached hydrogens (tertiary/aromatic N) is 2. The number of carbonyl (C=O) groups is 2. The molecule has 3 radical (unpaired) electrons. The van der Waals surface area contributed by atoms with E-state index in [4.69, 9.17) is 11.5 Å². The summed E-state index contributed by atoms with van der Waals surface area (Å²) >= 11 is 0. The van der Waals surface area contributed by atoms with Gasteiger partial charge in [0, 0.05) is 34.1 Å². The molecule has 0 aromatic carbocycles. The minimum atomic E-state index is -1.66. The topological polar surface area (TPSA) is 174 Å². The molecule has 0 bridgehead atoms. The first-order valence-corrected chi connectivity index (χ1v) is 9.90. The van der Waals surface area contributed by atoms with E-state index >= 15 is 0 Å². The number of nitrogens with one attached hydrogen (secondary N) is 2. The van der Waals surface area contributed by atoms with Crippen molar-refractivity contribution in [3.8, 4) is 0 Å². The van der Waals surface area contributed by atoms with Crippen LogP contribution < -0.4 is 10.2 Å². The standard InChI is InChI=1S/2C10H18N2O3.Cu/c2*1-8(2)5-10(11,7(13)14)6-9(3,4)12(8)15;/h2*11H,5-6H2,1-4H3,(H,13,14);/q2*-1;+2/p-2. The van der Waals surface area contributed by atoms with Crippen molar-refractivity contribution in [2.75, 3.05) is 0 Å². The van der Waals surface area contributed by atoms with Gasteiger partial charge >= 0.3 is 17.1 Å². The Morgan fingerprint density at radius 3 is 0.903 bits per heavy atom. The molecule has 0 spiro atoms. The first-order chi connectivity index (χ1) is 13.0. The quantitative estimate of drug-likeness (QED) is 0.523. The van der Waals surface area contributed by atoms with Gasteiger partial charge in [-0.05, 0) is 81.1 Å². The van der Waals surface area contributed by atoms with Gasteiger partial charge in [0.05, 0.1) is 0 Å². The predicted octanol–water partition coefficient (Wildman–Crippen LogP) is 1.05. The molecule has 2 N–H and O–H groups in total. The number of aliphatic carboxylic acids is 2. The van der Waals surface area contributed by atoms with Gasteiger partial charge in [0.15, 0.2) is 0 Å². The molecule has 11 heteroatoms. The molecule has 2 rings (SSSR count). The SMILES string of the molecule is CC1(C)CC([NH-])(C(=O)[O-])CC(C)(C)N1[O].CC1(C)CC([NH-])(C(=O)[O-])CC(C)(C)N1[O].[Cu+2]. The molecule has 0 aromatic heterocycles. The fourth-order valence-electron chi connectivity index (χ4n) is 5.29. The van der Waals surface area contributed by atoms with Gasteiger partial charge in [0.2, 0.25) is 0 Å². The van der Waals surface area contributed by atoms with Gasteiger partial charge in [-0.25, -0.2) is 0 Å². The van der Waals surface area contributed by atoms with Crippen LogP contribution in [0.1, 0.15) is 81.1 Å². The largest absolute Gasteiger partial charge is 2.00 e. The maximum absolute atomic E-state index is 11.9. The van der Waals surface area contributed by atoms with Crippen molar-refractivity contribution in [2.45, 2.75) is 114 Å². The first-order valence-electron chi connectivity index (χ1n) is 9.90. The van der Waals surface area contributed by atoms with Gasteiger partial charge in [-0.3, -0.25) is 0 Å². The molecule has 0 atom stereocenters. The van der Waals surface area contributed by atoms with E-state index in [-0.39, 0.29) is 42.8 Å². The number of piperidine rings is 2. The number of carbonyl (C=O) groups excluding carboxylic acids is 2. The van der Waals surface area contributed by atoms with Crippen molar-refractivity contribution in [2.24, 2.45) is 0 Å². The number of carboxylic acid groups (broad SMARTS) is 2. The van der Waals surface area contributed by atoms with Gasteiger partial charge in [0.1, 0.15) is 0 Å². The van der Waals surface area contributed by atoms with E-state index in [9.17, 15) is 30.2 Å². The molecular weight excluding hydrogens is 456 g/mol. The number of hydrogen-bond donors (Lipinski definition) is 0. The Hall–Kier alpha value is -0.781. The molecule has 2 aliphatic rings. The summed E-state index contributed by atoms with van der Waals surface area (Å²) in [5.41, 5.74) is 9.01. The number of rotatable bonds is 2. The molecule has 0 saturated carbocycles. The van der Waals surface area contributed by atoms with Crippen molar-refractivity contribution in [1.29, 1.82) is 0 Å². The fraction of sp³-hybridized carbons (Fsp3) is 0.900. The zero-order chi connectivity index (χ0) is 24.1. The van der Waals surface area contributed by atoms with E-state index in [1.807, 2.05) is 0 Å². The number of carboxylic acids is 2. The van der Waals surface area contributed by atoms with E-state index in [0.717, 1.165) is 10.1 Å². The van der Waals surface area contributed by atoms with Crippen LogP contribution in [-0.2, 0) is 37.1 Å². The molecule has 2 fully saturated rings. The van der Waals surface area contributed by atoms with Crippen molar-refractivity contribution in [1.82, 2.24) is 10.1 Å². The molecule has 2 heterocycles. The molecule has 0 aromatic rings. The number of hydroxylamine groups is 4. The van der Waals surface area contributed by atoms with Gasteiger partial charge < -0.3 is 31.3 Å². The maximum Gasteiger partial charge on any atom is 2.00 e. The Balaban J connectivity index is 0.000000562. The molecular formula is C20H34CuN4O6-2. The van der Waals surface area contributed by atoms with Crippen molar-refractivity contribution in [3.63, 3.8) is 0 Å². The fourth-order valence-corrected chi connectivity index (χ4v) is 5.29. The van der Waals surface area contributed by atoms with Crippen molar-refractivity contribution < 1.29 is 47.3 Å². The first kappa shape index (κ1) is 30.2. The Morgan fingerprint density at radius 2 is 0.774 bits per heavy atom. The molecule has 0 aliphatic carbocycles. The van der Waals surface area contributed by atoms with Gasteiger partial charge in [0.25, 0.3) is 0 Å². The Bertz CT molecular complexity index is 601. The van der Waals surface area contributed by atoms with Crippen LogP contribution in [0, 0.1) is 0 Å². The summed E-state index contributed by atoms with van der Waals surface area (Å²) in [6, 6.07) is 0. The van der Waals surface area contributed by atoms with Crippen molar-refractivity contribution in [3.05, 3.63) is 11.5 Å². The zero-order valence-electron chi connectivity index (χ0n) is 19.5. The third-order valence-corrected chi connectivity index (χ3v) is 5.92. The van der Waals surface area contributed by atoms with E-state index in [0.29, 0.717) is 0 Å². The number of hydrogen-bond acceptors (Lipinski definition) is 6. The summed E-state index contributed by atoms with van der Waals surface area (Å²) in [6.07, 6.45) is -0.0188. The second-order valence-electron chi connectivity index (χ2n) is 11.3. The van der Waals surface area contributed by atoms with Crippen LogP contribution in [0.2, 0.25) is 0 Å². The summed E-state index contributed by atoms with van der Waals surface area (Å²) in [5, 5.41) is 47.5. The zero-order valence-corrected chi connectivity index (χ0v) is 20.4. The monoisotopic (exact) mass is 489 g/mol. The van der Waals surface area contributed by atoms with Crippen LogP contribution >= 0.6 is 0 Å². The Kier molecular flexibility index (Phi) is 8.65. The second-order valence-corrected chi connectivity index (χ2v) is 11.3. The third kappa shape index (κ3) is 6.17. The van der Waals surface area contributed by atoms with Gasteiger partial charge in [-0.2, -0.15) is 0 Å². The average Bonchev–Trinajstić information content (AvgIpc) is 2.49. The molecule has 0 unspecified atom stereocenters.